The van der Waals surface area contributed by atoms with Gasteiger partial charge in [-0.1, -0.05) is 28.1 Å². The summed E-state index contributed by atoms with van der Waals surface area (Å²) in [6.45, 7) is 3.69. The van der Waals surface area contributed by atoms with Crippen LogP contribution in [0, 0.1) is 0 Å². The maximum absolute atomic E-state index is 6.06. The molecule has 0 saturated carbocycles. The molecule has 1 rings (SSSR count). The largest absolute Gasteiger partial charge is 0.496 e. The highest BCUT2D eigenvalue weighted by molar-refractivity contribution is 9.10. The molecule has 0 bridgehead atoms. The average Bonchev–Trinajstić information content (AvgIpc) is 2.25. The van der Waals surface area contributed by atoms with E-state index >= 15 is 0 Å². The van der Waals surface area contributed by atoms with Crippen LogP contribution in [0.4, 0.5) is 0 Å². The number of hydrogen-bond donors (Lipinski definition) is 1. The van der Waals surface area contributed by atoms with E-state index < -0.39 is 0 Å². The van der Waals surface area contributed by atoms with Crippen LogP contribution < -0.4 is 10.5 Å². The number of allylic oxidation sites excluding steroid dienone is 1. The third-order valence-corrected chi connectivity index (χ3v) is 2.77. The molecule has 90 valence electrons. The van der Waals surface area contributed by atoms with E-state index in [-0.39, 0.29) is 18.4 Å². The van der Waals surface area contributed by atoms with Gasteiger partial charge in [0.1, 0.15) is 5.75 Å². The fourth-order valence-electron chi connectivity index (χ4n) is 1.44. The van der Waals surface area contributed by atoms with Crippen molar-refractivity contribution in [3.63, 3.8) is 0 Å². The predicted octanol–water partition coefficient (Wildman–Crippen LogP) is 3.85. The summed E-state index contributed by atoms with van der Waals surface area (Å²) in [7, 11) is 1.66. The SMILES string of the molecule is C=CCC[C@@H](N)c1ccc(Br)cc1OC.Cl. The average molecular weight is 307 g/mol. The first-order valence-corrected chi connectivity index (χ1v) is 5.68. The van der Waals surface area contributed by atoms with Gasteiger partial charge in [-0.15, -0.1) is 19.0 Å². The first-order valence-electron chi connectivity index (χ1n) is 4.89. The molecule has 1 aromatic carbocycles. The Hall–Kier alpha value is -0.510. The lowest BCUT2D eigenvalue weighted by molar-refractivity contribution is 0.404. The quantitative estimate of drug-likeness (QED) is 0.839. The fourth-order valence-corrected chi connectivity index (χ4v) is 1.78. The molecule has 0 aliphatic rings. The van der Waals surface area contributed by atoms with Crippen molar-refractivity contribution in [3.8, 4) is 5.75 Å². The summed E-state index contributed by atoms with van der Waals surface area (Å²) in [6.07, 6.45) is 3.69. The summed E-state index contributed by atoms with van der Waals surface area (Å²) < 4.78 is 6.29. The van der Waals surface area contributed by atoms with Crippen LogP contribution in [0.25, 0.3) is 0 Å². The van der Waals surface area contributed by atoms with Crippen LogP contribution in [0.3, 0.4) is 0 Å². The van der Waals surface area contributed by atoms with E-state index in [4.69, 9.17) is 10.5 Å². The standard InChI is InChI=1S/C12H16BrNO.ClH/c1-3-4-5-11(14)10-7-6-9(13)8-12(10)15-2;/h3,6-8,11H,1,4-5,14H2,2H3;1H/t11-;/m1./s1. The van der Waals surface area contributed by atoms with Crippen molar-refractivity contribution in [3.05, 3.63) is 40.9 Å². The Balaban J connectivity index is 0.00000225. The van der Waals surface area contributed by atoms with E-state index in [2.05, 4.69) is 22.5 Å². The lowest BCUT2D eigenvalue weighted by Crippen LogP contribution is -2.11. The molecule has 0 fully saturated rings. The summed E-state index contributed by atoms with van der Waals surface area (Å²) in [4.78, 5) is 0. The molecule has 0 saturated heterocycles. The molecule has 0 aliphatic heterocycles. The van der Waals surface area contributed by atoms with E-state index in [1.54, 1.807) is 7.11 Å². The van der Waals surface area contributed by atoms with Crippen LogP contribution >= 0.6 is 28.3 Å². The van der Waals surface area contributed by atoms with Crippen molar-refractivity contribution in [1.29, 1.82) is 0 Å². The number of benzene rings is 1. The molecular formula is C12H17BrClNO. The molecule has 2 nitrogen and oxygen atoms in total. The van der Waals surface area contributed by atoms with Crippen LogP contribution in [-0.2, 0) is 0 Å². The summed E-state index contributed by atoms with van der Waals surface area (Å²) in [5.41, 5.74) is 7.11. The number of hydrogen-bond acceptors (Lipinski definition) is 2. The lowest BCUT2D eigenvalue weighted by Gasteiger charge is -2.15. The molecule has 0 radical (unpaired) electrons. The smallest absolute Gasteiger partial charge is 0.124 e. The van der Waals surface area contributed by atoms with Gasteiger partial charge >= 0.3 is 0 Å². The Morgan fingerprint density at radius 2 is 2.25 bits per heavy atom. The van der Waals surface area contributed by atoms with Crippen molar-refractivity contribution >= 4 is 28.3 Å². The zero-order valence-corrected chi connectivity index (χ0v) is 11.7. The second kappa shape index (κ2) is 7.71. The Morgan fingerprint density at radius 3 is 2.81 bits per heavy atom. The van der Waals surface area contributed by atoms with E-state index in [1.165, 1.54) is 0 Å². The number of nitrogens with two attached hydrogens (primary N) is 1. The van der Waals surface area contributed by atoms with Gasteiger partial charge in [0.25, 0.3) is 0 Å². The normalized spacial score (nSPS) is 11.4. The molecule has 0 heterocycles. The third-order valence-electron chi connectivity index (χ3n) is 2.28. The summed E-state index contributed by atoms with van der Waals surface area (Å²) in [6, 6.07) is 5.91. The highest BCUT2D eigenvalue weighted by Crippen LogP contribution is 2.29. The molecule has 1 aromatic rings. The van der Waals surface area contributed by atoms with Crippen LogP contribution in [-0.4, -0.2) is 7.11 Å². The molecule has 2 N–H and O–H groups in total. The maximum atomic E-state index is 6.06. The predicted molar refractivity (Wildman–Crippen MR) is 74.3 cm³/mol. The molecule has 0 aliphatic carbocycles. The van der Waals surface area contributed by atoms with Crippen LogP contribution in [0.1, 0.15) is 24.4 Å². The van der Waals surface area contributed by atoms with Gasteiger partial charge in [0.05, 0.1) is 7.11 Å². The summed E-state index contributed by atoms with van der Waals surface area (Å²) >= 11 is 3.40. The highest BCUT2D eigenvalue weighted by Gasteiger charge is 2.11. The second-order valence-electron chi connectivity index (χ2n) is 3.36. The highest BCUT2D eigenvalue weighted by atomic mass is 79.9. The monoisotopic (exact) mass is 305 g/mol. The maximum Gasteiger partial charge on any atom is 0.124 e. The number of rotatable bonds is 5. The van der Waals surface area contributed by atoms with Crippen molar-refractivity contribution in [2.45, 2.75) is 18.9 Å². The van der Waals surface area contributed by atoms with Gasteiger partial charge in [-0.05, 0) is 25.0 Å². The van der Waals surface area contributed by atoms with Gasteiger partial charge in [0.15, 0.2) is 0 Å². The third kappa shape index (κ3) is 4.16. The molecule has 1 atom stereocenters. The minimum absolute atomic E-state index is 0. The van der Waals surface area contributed by atoms with Crippen LogP contribution in [0.2, 0.25) is 0 Å². The number of ether oxygens (including phenoxy) is 1. The fraction of sp³-hybridized carbons (Fsp3) is 0.333. The van der Waals surface area contributed by atoms with E-state index in [0.29, 0.717) is 0 Å². The van der Waals surface area contributed by atoms with Crippen molar-refractivity contribution in [2.24, 2.45) is 5.73 Å². The second-order valence-corrected chi connectivity index (χ2v) is 4.27. The molecule has 0 unspecified atom stereocenters. The molecular weight excluding hydrogens is 289 g/mol. The Labute approximate surface area is 111 Å². The van der Waals surface area contributed by atoms with Crippen molar-refractivity contribution < 1.29 is 4.74 Å². The Bertz CT molecular complexity index is 344. The van der Waals surface area contributed by atoms with E-state index in [1.807, 2.05) is 24.3 Å². The van der Waals surface area contributed by atoms with Gasteiger partial charge in [0, 0.05) is 16.1 Å². The van der Waals surface area contributed by atoms with Gasteiger partial charge in [0.2, 0.25) is 0 Å². The van der Waals surface area contributed by atoms with Gasteiger partial charge in [-0.3, -0.25) is 0 Å². The zero-order chi connectivity index (χ0) is 11.3. The van der Waals surface area contributed by atoms with Crippen LogP contribution in [0.15, 0.2) is 35.3 Å². The molecule has 0 aromatic heterocycles. The van der Waals surface area contributed by atoms with E-state index in [0.717, 1.165) is 28.6 Å². The van der Waals surface area contributed by atoms with Gasteiger partial charge < -0.3 is 10.5 Å². The summed E-state index contributed by atoms with van der Waals surface area (Å²) in [5, 5.41) is 0. The molecule has 0 spiro atoms. The Morgan fingerprint density at radius 1 is 1.56 bits per heavy atom. The van der Waals surface area contributed by atoms with Crippen molar-refractivity contribution in [1.82, 2.24) is 0 Å². The number of methoxy groups -OCH3 is 1. The minimum atomic E-state index is 0. The first-order chi connectivity index (χ1) is 7.19. The summed E-state index contributed by atoms with van der Waals surface area (Å²) in [5.74, 6) is 0.834. The van der Waals surface area contributed by atoms with Crippen molar-refractivity contribution in [2.75, 3.05) is 7.11 Å². The molecule has 4 heteroatoms. The molecule has 0 amide bonds. The Kier molecular flexibility index (Phi) is 7.47. The first kappa shape index (κ1) is 15.5. The van der Waals surface area contributed by atoms with Gasteiger partial charge in [-0.2, -0.15) is 0 Å². The number of halogens is 2. The zero-order valence-electron chi connectivity index (χ0n) is 9.28. The molecule has 16 heavy (non-hydrogen) atoms. The minimum Gasteiger partial charge on any atom is -0.496 e. The van der Waals surface area contributed by atoms with Gasteiger partial charge in [-0.25, -0.2) is 0 Å². The van der Waals surface area contributed by atoms with E-state index in [9.17, 15) is 0 Å². The lowest BCUT2D eigenvalue weighted by atomic mass is 10.0. The van der Waals surface area contributed by atoms with Crippen LogP contribution in [0.5, 0.6) is 5.75 Å². The topological polar surface area (TPSA) is 35.2 Å².